The van der Waals surface area contributed by atoms with E-state index in [2.05, 4.69) is 15.6 Å². The van der Waals surface area contributed by atoms with E-state index in [0.717, 1.165) is 22.6 Å². The molecule has 90 valence electrons. The van der Waals surface area contributed by atoms with Gasteiger partial charge >= 0.3 is 0 Å². The molecule has 0 unspecified atom stereocenters. The van der Waals surface area contributed by atoms with Gasteiger partial charge in [0.15, 0.2) is 5.11 Å². The van der Waals surface area contributed by atoms with Gasteiger partial charge in [0.05, 0.1) is 0 Å². The standard InChI is InChI=1S/C13H17N3S/c17-13(15-11-3-5-14-6-4-11)16-12-8-9-1-2-10(12)7-9/h3-6,9-10,12H,1-2,7-8H2,(H2,14,15,16,17)/t9-,10-,12-/m1/s1. The van der Waals surface area contributed by atoms with Gasteiger partial charge in [0.2, 0.25) is 0 Å². The first-order valence-corrected chi connectivity index (χ1v) is 6.69. The predicted octanol–water partition coefficient (Wildman–Crippen LogP) is 2.56. The maximum absolute atomic E-state index is 5.35. The van der Waals surface area contributed by atoms with Crippen LogP contribution >= 0.6 is 12.2 Å². The zero-order valence-electron chi connectivity index (χ0n) is 9.73. The molecule has 4 heteroatoms. The number of fused-ring (bicyclic) bond motifs is 2. The van der Waals surface area contributed by atoms with Crippen LogP contribution < -0.4 is 10.6 Å². The molecule has 1 aromatic heterocycles. The van der Waals surface area contributed by atoms with Gasteiger partial charge in [0.25, 0.3) is 0 Å². The van der Waals surface area contributed by atoms with E-state index in [9.17, 15) is 0 Å². The third-order valence-electron chi connectivity index (χ3n) is 3.99. The molecule has 0 radical (unpaired) electrons. The summed E-state index contributed by atoms with van der Waals surface area (Å²) in [5.41, 5.74) is 1.00. The molecule has 3 atom stereocenters. The summed E-state index contributed by atoms with van der Waals surface area (Å²) in [7, 11) is 0. The van der Waals surface area contributed by atoms with Gasteiger partial charge in [-0.05, 0) is 55.4 Å². The van der Waals surface area contributed by atoms with Crippen LogP contribution in [0.1, 0.15) is 25.7 Å². The average Bonchev–Trinajstić information content (AvgIpc) is 2.92. The first-order valence-electron chi connectivity index (χ1n) is 6.29. The first kappa shape index (κ1) is 11.0. The molecule has 0 aromatic carbocycles. The lowest BCUT2D eigenvalue weighted by molar-refractivity contribution is 0.392. The number of anilines is 1. The molecule has 2 fully saturated rings. The summed E-state index contributed by atoms with van der Waals surface area (Å²) in [6.45, 7) is 0. The lowest BCUT2D eigenvalue weighted by Gasteiger charge is -2.24. The van der Waals surface area contributed by atoms with Crippen LogP contribution in [0.4, 0.5) is 5.69 Å². The minimum absolute atomic E-state index is 0.593. The van der Waals surface area contributed by atoms with Crippen LogP contribution in [0.5, 0.6) is 0 Å². The molecule has 3 rings (SSSR count). The number of hydrogen-bond acceptors (Lipinski definition) is 2. The van der Waals surface area contributed by atoms with Crippen LogP contribution in [0.15, 0.2) is 24.5 Å². The minimum Gasteiger partial charge on any atom is -0.359 e. The normalized spacial score (nSPS) is 30.2. The van der Waals surface area contributed by atoms with Gasteiger partial charge in [-0.3, -0.25) is 4.98 Å². The molecule has 2 aliphatic carbocycles. The van der Waals surface area contributed by atoms with E-state index in [0.29, 0.717) is 6.04 Å². The van der Waals surface area contributed by atoms with Crippen molar-refractivity contribution in [1.29, 1.82) is 0 Å². The zero-order chi connectivity index (χ0) is 11.7. The Labute approximate surface area is 107 Å². The molecule has 0 spiro atoms. The van der Waals surface area contributed by atoms with Gasteiger partial charge in [-0.2, -0.15) is 0 Å². The highest BCUT2D eigenvalue weighted by molar-refractivity contribution is 7.80. The van der Waals surface area contributed by atoms with Crippen molar-refractivity contribution in [2.75, 3.05) is 5.32 Å². The van der Waals surface area contributed by atoms with E-state index in [-0.39, 0.29) is 0 Å². The van der Waals surface area contributed by atoms with E-state index >= 15 is 0 Å². The van der Waals surface area contributed by atoms with Crippen LogP contribution in [0.3, 0.4) is 0 Å². The minimum atomic E-state index is 0.593. The highest BCUT2D eigenvalue weighted by atomic mass is 32.1. The number of nitrogens with one attached hydrogen (secondary N) is 2. The van der Waals surface area contributed by atoms with Crippen LogP contribution in [-0.2, 0) is 0 Å². The van der Waals surface area contributed by atoms with Gasteiger partial charge in [-0.25, -0.2) is 0 Å². The molecule has 0 amide bonds. The van der Waals surface area contributed by atoms with E-state index in [1.807, 2.05) is 12.1 Å². The van der Waals surface area contributed by atoms with Crippen LogP contribution in [0, 0.1) is 11.8 Å². The molecule has 2 N–H and O–H groups in total. The van der Waals surface area contributed by atoms with Crippen molar-refractivity contribution in [3.05, 3.63) is 24.5 Å². The average molecular weight is 247 g/mol. The molecule has 1 aromatic rings. The number of nitrogens with zero attached hydrogens (tertiary/aromatic N) is 1. The van der Waals surface area contributed by atoms with Gasteiger partial charge < -0.3 is 10.6 Å². The summed E-state index contributed by atoms with van der Waals surface area (Å²) in [6, 6.07) is 4.44. The Hall–Kier alpha value is -1.16. The van der Waals surface area contributed by atoms with Gasteiger partial charge in [0, 0.05) is 24.1 Å². The Balaban J connectivity index is 1.54. The number of thiocarbonyl (C=S) groups is 1. The second-order valence-corrected chi connectivity index (χ2v) is 5.52. The Morgan fingerprint density at radius 1 is 1.24 bits per heavy atom. The Morgan fingerprint density at radius 2 is 2.06 bits per heavy atom. The van der Waals surface area contributed by atoms with Gasteiger partial charge in [-0.15, -0.1) is 0 Å². The molecule has 2 aliphatic rings. The summed E-state index contributed by atoms with van der Waals surface area (Å²) in [5, 5.41) is 7.41. The fraction of sp³-hybridized carbons (Fsp3) is 0.538. The monoisotopic (exact) mass is 247 g/mol. The number of rotatable bonds is 2. The smallest absolute Gasteiger partial charge is 0.171 e. The third kappa shape index (κ3) is 2.41. The first-order chi connectivity index (χ1) is 8.31. The summed E-state index contributed by atoms with van der Waals surface area (Å²) >= 11 is 5.35. The summed E-state index contributed by atoms with van der Waals surface area (Å²) in [5.74, 6) is 1.79. The molecule has 2 bridgehead atoms. The molecule has 2 saturated carbocycles. The third-order valence-corrected chi connectivity index (χ3v) is 4.21. The molecular weight excluding hydrogens is 230 g/mol. The van der Waals surface area contributed by atoms with E-state index < -0.39 is 0 Å². The Bertz CT molecular complexity index is 406. The fourth-order valence-corrected chi connectivity index (χ4v) is 3.46. The van der Waals surface area contributed by atoms with Gasteiger partial charge in [0.1, 0.15) is 0 Å². The maximum atomic E-state index is 5.35. The quantitative estimate of drug-likeness (QED) is 0.788. The molecule has 3 nitrogen and oxygen atoms in total. The fourth-order valence-electron chi connectivity index (χ4n) is 3.19. The number of hydrogen-bond donors (Lipinski definition) is 2. The Kier molecular flexibility index (Phi) is 2.97. The number of aromatic nitrogens is 1. The largest absolute Gasteiger partial charge is 0.359 e. The summed E-state index contributed by atoms with van der Waals surface area (Å²) in [6.07, 6.45) is 9.02. The SMILES string of the molecule is S=C(Nc1ccncc1)N[C@@H]1C[C@@H]2CC[C@@H]1C2. The maximum Gasteiger partial charge on any atom is 0.171 e. The van der Waals surface area contributed by atoms with Crippen molar-refractivity contribution >= 4 is 23.0 Å². The molecule has 0 saturated heterocycles. The second-order valence-electron chi connectivity index (χ2n) is 5.12. The van der Waals surface area contributed by atoms with Crippen molar-refractivity contribution in [3.63, 3.8) is 0 Å². The summed E-state index contributed by atoms with van der Waals surface area (Å²) in [4.78, 5) is 3.98. The predicted molar refractivity (Wildman–Crippen MR) is 72.8 cm³/mol. The van der Waals surface area contributed by atoms with Gasteiger partial charge in [-0.1, -0.05) is 6.42 Å². The molecule has 1 heterocycles. The zero-order valence-corrected chi connectivity index (χ0v) is 10.5. The van der Waals surface area contributed by atoms with E-state index in [4.69, 9.17) is 12.2 Å². The number of pyridine rings is 1. The highest BCUT2D eigenvalue weighted by Gasteiger charge is 2.39. The molecule has 17 heavy (non-hydrogen) atoms. The lowest BCUT2D eigenvalue weighted by Crippen LogP contribution is -2.40. The molecule has 0 aliphatic heterocycles. The van der Waals surface area contributed by atoms with E-state index in [1.54, 1.807) is 12.4 Å². The lowest BCUT2D eigenvalue weighted by atomic mass is 9.96. The van der Waals surface area contributed by atoms with Crippen molar-refractivity contribution in [2.24, 2.45) is 11.8 Å². The van der Waals surface area contributed by atoms with Crippen molar-refractivity contribution in [3.8, 4) is 0 Å². The highest BCUT2D eigenvalue weighted by Crippen LogP contribution is 2.44. The topological polar surface area (TPSA) is 37.0 Å². The summed E-state index contributed by atoms with van der Waals surface area (Å²) < 4.78 is 0. The van der Waals surface area contributed by atoms with Crippen molar-refractivity contribution in [2.45, 2.75) is 31.7 Å². The van der Waals surface area contributed by atoms with Crippen molar-refractivity contribution < 1.29 is 0 Å². The van der Waals surface area contributed by atoms with Crippen LogP contribution in [0.25, 0.3) is 0 Å². The van der Waals surface area contributed by atoms with Crippen LogP contribution in [-0.4, -0.2) is 16.1 Å². The second kappa shape index (κ2) is 4.61. The van der Waals surface area contributed by atoms with Crippen molar-refractivity contribution in [1.82, 2.24) is 10.3 Å². The van der Waals surface area contributed by atoms with Crippen LogP contribution in [0.2, 0.25) is 0 Å². The van der Waals surface area contributed by atoms with E-state index in [1.165, 1.54) is 25.7 Å². The molecular formula is C13H17N3S. The Morgan fingerprint density at radius 3 is 2.71 bits per heavy atom.